The second kappa shape index (κ2) is 5.53. The van der Waals surface area contributed by atoms with Gasteiger partial charge in [-0.25, -0.2) is 0 Å². The van der Waals surface area contributed by atoms with Crippen molar-refractivity contribution in [2.24, 2.45) is 0 Å². The van der Waals surface area contributed by atoms with Gasteiger partial charge in [0.15, 0.2) is 0 Å². The number of nitrogens with one attached hydrogen (secondary N) is 1. The molecule has 0 spiro atoms. The van der Waals surface area contributed by atoms with Crippen molar-refractivity contribution < 1.29 is 4.42 Å². The van der Waals surface area contributed by atoms with E-state index in [2.05, 4.69) is 38.9 Å². The molecule has 98 valence electrons. The molecule has 0 aromatic carbocycles. The lowest BCUT2D eigenvalue weighted by molar-refractivity contribution is 0.429. The Morgan fingerprint density at radius 1 is 1.22 bits per heavy atom. The first-order chi connectivity index (χ1) is 8.63. The van der Waals surface area contributed by atoms with E-state index in [1.54, 1.807) is 0 Å². The summed E-state index contributed by atoms with van der Waals surface area (Å²) in [6, 6.07) is 0.0552. The highest BCUT2D eigenvalue weighted by molar-refractivity contribution is 7.09. The van der Waals surface area contributed by atoms with Gasteiger partial charge in [0.05, 0.1) is 11.7 Å². The Bertz CT molecular complexity index is 507. The fourth-order valence-corrected chi connectivity index (χ4v) is 2.36. The van der Waals surface area contributed by atoms with E-state index in [0.29, 0.717) is 17.7 Å². The third kappa shape index (κ3) is 2.56. The van der Waals surface area contributed by atoms with Crippen LogP contribution in [0.1, 0.15) is 51.2 Å². The molecule has 2 aromatic rings. The molecule has 0 saturated carbocycles. The topological polar surface area (TPSA) is 76.7 Å². The van der Waals surface area contributed by atoms with Crippen LogP contribution < -0.4 is 5.32 Å². The van der Waals surface area contributed by atoms with Gasteiger partial charge in [0, 0.05) is 0 Å². The van der Waals surface area contributed by atoms with Crippen LogP contribution >= 0.6 is 11.5 Å². The molecular weight excluding hydrogens is 250 g/mol. The lowest BCUT2D eigenvalue weighted by Gasteiger charge is -2.05. The van der Waals surface area contributed by atoms with Crippen LogP contribution in [0.25, 0.3) is 10.8 Å². The standard InChI is InChI=1S/C11H17N5OS/c1-5-12-7(4)10-14-15-11(17-10)9-8(6(2)3)13-16-18-9/h6-7,12H,5H2,1-4H3. The maximum absolute atomic E-state index is 5.68. The summed E-state index contributed by atoms with van der Waals surface area (Å²) in [5.41, 5.74) is 0.909. The van der Waals surface area contributed by atoms with E-state index >= 15 is 0 Å². The van der Waals surface area contributed by atoms with Crippen LogP contribution in [-0.2, 0) is 0 Å². The van der Waals surface area contributed by atoms with Crippen molar-refractivity contribution in [3.63, 3.8) is 0 Å². The van der Waals surface area contributed by atoms with Crippen molar-refractivity contribution in [3.05, 3.63) is 11.6 Å². The second-order valence-corrected chi connectivity index (χ2v) is 5.12. The van der Waals surface area contributed by atoms with E-state index in [-0.39, 0.29) is 6.04 Å². The van der Waals surface area contributed by atoms with Crippen molar-refractivity contribution >= 4 is 11.5 Å². The molecule has 0 aliphatic carbocycles. The molecule has 6 nitrogen and oxygen atoms in total. The predicted octanol–water partition coefficient (Wildman–Crippen LogP) is 2.38. The average Bonchev–Trinajstić information content (AvgIpc) is 2.98. The first-order valence-electron chi connectivity index (χ1n) is 6.02. The summed E-state index contributed by atoms with van der Waals surface area (Å²) >= 11 is 1.29. The summed E-state index contributed by atoms with van der Waals surface area (Å²) in [5, 5.41) is 15.5. The van der Waals surface area contributed by atoms with E-state index in [4.69, 9.17) is 4.42 Å². The third-order valence-electron chi connectivity index (χ3n) is 2.58. The molecule has 2 heterocycles. The molecule has 18 heavy (non-hydrogen) atoms. The average molecular weight is 267 g/mol. The van der Waals surface area contributed by atoms with Crippen LogP contribution in [0.2, 0.25) is 0 Å². The summed E-state index contributed by atoms with van der Waals surface area (Å²) in [7, 11) is 0. The Labute approximate surface area is 110 Å². The summed E-state index contributed by atoms with van der Waals surface area (Å²) < 4.78 is 9.64. The van der Waals surface area contributed by atoms with Crippen molar-refractivity contribution in [3.8, 4) is 10.8 Å². The maximum Gasteiger partial charge on any atom is 0.261 e. The summed E-state index contributed by atoms with van der Waals surface area (Å²) in [5.74, 6) is 1.39. The van der Waals surface area contributed by atoms with Crippen molar-refractivity contribution in [1.29, 1.82) is 0 Å². The first-order valence-corrected chi connectivity index (χ1v) is 6.80. The first kappa shape index (κ1) is 13.1. The van der Waals surface area contributed by atoms with Gasteiger partial charge in [-0.2, -0.15) is 0 Å². The summed E-state index contributed by atoms with van der Waals surface area (Å²) in [6.07, 6.45) is 0. The maximum atomic E-state index is 5.68. The number of hydrogen-bond donors (Lipinski definition) is 1. The minimum absolute atomic E-state index is 0.0552. The molecule has 2 rings (SSSR count). The molecule has 1 unspecified atom stereocenters. The Balaban J connectivity index is 2.26. The molecule has 0 aliphatic rings. The lowest BCUT2D eigenvalue weighted by Crippen LogP contribution is -2.17. The summed E-state index contributed by atoms with van der Waals surface area (Å²) in [4.78, 5) is 0.868. The highest BCUT2D eigenvalue weighted by atomic mass is 32.1. The molecule has 0 bridgehead atoms. The number of nitrogens with zero attached hydrogens (tertiary/aromatic N) is 4. The molecule has 1 atom stereocenters. The predicted molar refractivity (Wildman–Crippen MR) is 69.4 cm³/mol. The van der Waals surface area contributed by atoms with E-state index in [1.807, 2.05) is 13.8 Å². The Morgan fingerprint density at radius 3 is 2.67 bits per heavy atom. The van der Waals surface area contributed by atoms with Crippen LogP contribution in [0.15, 0.2) is 4.42 Å². The van der Waals surface area contributed by atoms with Gasteiger partial charge < -0.3 is 9.73 Å². The van der Waals surface area contributed by atoms with Crippen LogP contribution in [0.4, 0.5) is 0 Å². The van der Waals surface area contributed by atoms with Crippen molar-refractivity contribution in [2.75, 3.05) is 6.54 Å². The highest BCUT2D eigenvalue weighted by Crippen LogP contribution is 2.30. The lowest BCUT2D eigenvalue weighted by atomic mass is 10.1. The monoisotopic (exact) mass is 267 g/mol. The van der Waals surface area contributed by atoms with Gasteiger partial charge >= 0.3 is 0 Å². The number of hydrogen-bond acceptors (Lipinski definition) is 7. The van der Waals surface area contributed by atoms with Gasteiger partial charge in [-0.05, 0) is 30.9 Å². The number of rotatable bonds is 5. The van der Waals surface area contributed by atoms with Crippen LogP contribution in [-0.4, -0.2) is 26.3 Å². The zero-order valence-corrected chi connectivity index (χ0v) is 11.8. The third-order valence-corrected chi connectivity index (χ3v) is 3.31. The fraction of sp³-hybridized carbons (Fsp3) is 0.636. The minimum Gasteiger partial charge on any atom is -0.418 e. The zero-order chi connectivity index (χ0) is 13.1. The van der Waals surface area contributed by atoms with Gasteiger partial charge in [-0.15, -0.1) is 15.3 Å². The van der Waals surface area contributed by atoms with Crippen LogP contribution in [0, 0.1) is 0 Å². The summed E-state index contributed by atoms with van der Waals surface area (Å²) in [6.45, 7) is 9.03. The molecule has 0 amide bonds. The Hall–Kier alpha value is -1.34. The van der Waals surface area contributed by atoms with Gasteiger partial charge in [0.1, 0.15) is 4.88 Å². The molecule has 0 radical (unpaired) electrons. The largest absolute Gasteiger partial charge is 0.418 e. The molecule has 7 heteroatoms. The van der Waals surface area contributed by atoms with Gasteiger partial charge in [-0.3, -0.25) is 0 Å². The Kier molecular flexibility index (Phi) is 4.03. The van der Waals surface area contributed by atoms with E-state index in [0.717, 1.165) is 17.1 Å². The van der Waals surface area contributed by atoms with Crippen LogP contribution in [0.3, 0.4) is 0 Å². The SMILES string of the molecule is CCNC(C)c1nnc(-c2snnc2C(C)C)o1. The second-order valence-electron chi connectivity index (χ2n) is 4.37. The Morgan fingerprint density at radius 2 is 2.00 bits per heavy atom. The number of aromatic nitrogens is 4. The van der Waals surface area contributed by atoms with Crippen molar-refractivity contribution in [1.82, 2.24) is 25.1 Å². The van der Waals surface area contributed by atoms with E-state index in [9.17, 15) is 0 Å². The molecule has 0 fully saturated rings. The zero-order valence-electron chi connectivity index (χ0n) is 11.0. The van der Waals surface area contributed by atoms with Crippen LogP contribution in [0.5, 0.6) is 0 Å². The normalized spacial score (nSPS) is 13.2. The smallest absolute Gasteiger partial charge is 0.261 e. The molecule has 1 N–H and O–H groups in total. The molecular formula is C11H17N5OS. The molecule has 0 aliphatic heterocycles. The molecule has 0 saturated heterocycles. The highest BCUT2D eigenvalue weighted by Gasteiger charge is 2.20. The minimum atomic E-state index is 0.0552. The molecule has 2 aromatic heterocycles. The van der Waals surface area contributed by atoms with E-state index < -0.39 is 0 Å². The quantitative estimate of drug-likeness (QED) is 0.896. The van der Waals surface area contributed by atoms with Gasteiger partial charge in [0.25, 0.3) is 5.89 Å². The van der Waals surface area contributed by atoms with Gasteiger partial charge in [0.2, 0.25) is 5.89 Å². The van der Waals surface area contributed by atoms with Crippen molar-refractivity contribution in [2.45, 2.75) is 39.7 Å². The van der Waals surface area contributed by atoms with Gasteiger partial charge in [-0.1, -0.05) is 25.3 Å². The fourth-order valence-electron chi connectivity index (χ4n) is 1.62. The van der Waals surface area contributed by atoms with E-state index in [1.165, 1.54) is 11.5 Å².